The monoisotopic (exact) mass is 403 g/mol. The summed E-state index contributed by atoms with van der Waals surface area (Å²) in [6.45, 7) is -2.98. The highest BCUT2D eigenvalue weighted by atomic mass is 19.1. The van der Waals surface area contributed by atoms with Crippen LogP contribution in [0.2, 0.25) is 0 Å². The van der Waals surface area contributed by atoms with E-state index in [-0.39, 0.29) is 16.3 Å². The maximum atomic E-state index is 14.0. The summed E-state index contributed by atoms with van der Waals surface area (Å²) in [4.78, 5) is 25.7. The summed E-state index contributed by atoms with van der Waals surface area (Å²) in [7, 11) is 1.56. The number of halogens is 3. The molecule has 0 fully saturated rings. The van der Waals surface area contributed by atoms with E-state index < -0.39 is 47.5 Å². The molecule has 0 aliphatic heterocycles. The van der Waals surface area contributed by atoms with E-state index in [4.69, 9.17) is 4.11 Å². The lowest BCUT2D eigenvalue weighted by Gasteiger charge is -2.12. The highest BCUT2D eigenvalue weighted by molar-refractivity contribution is 6.03. The van der Waals surface area contributed by atoms with Crippen LogP contribution < -0.4 is 10.9 Å². The molecule has 4 aromatic rings. The van der Waals surface area contributed by atoms with Crippen LogP contribution in [-0.4, -0.2) is 20.3 Å². The molecule has 148 valence electrons. The van der Waals surface area contributed by atoms with E-state index in [1.165, 1.54) is 16.9 Å². The van der Waals surface area contributed by atoms with Crippen LogP contribution in [0.3, 0.4) is 0 Å². The third-order valence-corrected chi connectivity index (χ3v) is 4.34. The molecule has 2 aromatic heterocycles. The minimum absolute atomic E-state index is 0.00710. The fraction of sp³-hybridized carbons (Fsp3) is 0.150. The predicted octanol–water partition coefficient (Wildman–Crippen LogP) is 3.33. The van der Waals surface area contributed by atoms with Crippen LogP contribution in [0.4, 0.5) is 18.9 Å². The van der Waals surface area contributed by atoms with E-state index in [1.807, 2.05) is 5.32 Å². The molecule has 6 nitrogen and oxygen atoms in total. The third-order valence-electron chi connectivity index (χ3n) is 4.34. The number of nitrogens with zero attached hydrogens (tertiary/aromatic N) is 3. The van der Waals surface area contributed by atoms with Gasteiger partial charge in [-0.05, 0) is 30.3 Å². The van der Waals surface area contributed by atoms with Gasteiger partial charge in [-0.2, -0.15) is 5.10 Å². The second-order valence-electron chi connectivity index (χ2n) is 6.22. The first-order valence-corrected chi connectivity index (χ1v) is 8.37. The summed E-state index contributed by atoms with van der Waals surface area (Å²) < 4.78 is 67.9. The molecular weight excluding hydrogens is 385 g/mol. The zero-order chi connectivity index (χ0) is 23.4. The largest absolute Gasteiger partial charge is 0.324 e. The number of carbonyl (C=O) groups is 1. The van der Waals surface area contributed by atoms with E-state index in [0.29, 0.717) is 16.2 Å². The minimum Gasteiger partial charge on any atom is -0.324 e. The lowest BCUT2D eigenvalue weighted by molar-refractivity contribution is -0.116. The van der Waals surface area contributed by atoms with Gasteiger partial charge in [0.1, 0.15) is 17.5 Å². The maximum absolute atomic E-state index is 14.0. The molecule has 0 saturated heterocycles. The van der Waals surface area contributed by atoms with Crippen LogP contribution in [-0.2, 0) is 18.3 Å². The molecule has 1 amide bonds. The number of aryl methyl sites for hydroxylation is 2. The first-order chi connectivity index (χ1) is 15.0. The van der Waals surface area contributed by atoms with E-state index >= 15 is 0 Å². The average molecular weight is 403 g/mol. The Labute approximate surface area is 166 Å². The number of carbonyl (C=O) groups excluding carboxylic acids is 1. The van der Waals surface area contributed by atoms with E-state index in [0.717, 1.165) is 24.3 Å². The van der Waals surface area contributed by atoms with Crippen LogP contribution in [0, 0.1) is 17.5 Å². The normalized spacial score (nSPS) is 14.4. The third kappa shape index (κ3) is 3.35. The van der Waals surface area contributed by atoms with Crippen LogP contribution in [0.15, 0.2) is 47.4 Å². The summed E-state index contributed by atoms with van der Waals surface area (Å²) >= 11 is 0. The quantitative estimate of drug-likeness (QED) is 0.568. The molecule has 0 spiro atoms. The van der Waals surface area contributed by atoms with Crippen molar-refractivity contribution in [3.8, 4) is 0 Å². The van der Waals surface area contributed by atoms with E-state index in [2.05, 4.69) is 5.10 Å². The fourth-order valence-electron chi connectivity index (χ4n) is 3.04. The number of benzene rings is 2. The summed E-state index contributed by atoms with van der Waals surface area (Å²) in [6.07, 6.45) is -1.06. The Hall–Kier alpha value is -3.62. The Balaban J connectivity index is 1.86. The Morgan fingerprint density at radius 3 is 2.62 bits per heavy atom. The molecule has 2 heterocycles. The van der Waals surface area contributed by atoms with Gasteiger partial charge in [0.05, 0.1) is 31.0 Å². The zero-order valence-electron chi connectivity index (χ0n) is 17.9. The van der Waals surface area contributed by atoms with Crippen molar-refractivity contribution in [1.82, 2.24) is 14.3 Å². The van der Waals surface area contributed by atoms with Gasteiger partial charge in [-0.3, -0.25) is 14.3 Å². The predicted molar refractivity (Wildman–Crippen MR) is 102 cm³/mol. The van der Waals surface area contributed by atoms with Crippen LogP contribution >= 0.6 is 0 Å². The molecule has 4 rings (SSSR count). The standard InChI is InChI=1S/C20H15F3N4O2/c1-26-19-13-4-2-12(22)9-17(13)27(20(29)14(19)10-24-26)7-6-18(28)25-16-5-3-11(21)8-15(16)23/h2-5,8-10H,6-7H2,1H3,(H,25,28)/i6D,7D2. The fourth-order valence-corrected chi connectivity index (χ4v) is 3.04. The lowest BCUT2D eigenvalue weighted by atomic mass is 10.1. The molecule has 0 saturated carbocycles. The van der Waals surface area contributed by atoms with Crippen molar-refractivity contribution in [3.05, 3.63) is 70.4 Å². The highest BCUT2D eigenvalue weighted by Crippen LogP contribution is 2.23. The molecule has 1 atom stereocenters. The number of aromatic nitrogens is 3. The lowest BCUT2D eigenvalue weighted by Crippen LogP contribution is -2.24. The highest BCUT2D eigenvalue weighted by Gasteiger charge is 2.16. The van der Waals surface area contributed by atoms with Gasteiger partial charge in [-0.1, -0.05) is 0 Å². The van der Waals surface area contributed by atoms with Crippen molar-refractivity contribution in [2.75, 3.05) is 5.32 Å². The van der Waals surface area contributed by atoms with Crippen LogP contribution in [0.1, 0.15) is 10.5 Å². The van der Waals surface area contributed by atoms with Gasteiger partial charge in [-0.15, -0.1) is 0 Å². The first-order valence-electron chi connectivity index (χ1n) is 9.94. The van der Waals surface area contributed by atoms with Crippen molar-refractivity contribution in [1.29, 1.82) is 0 Å². The second kappa shape index (κ2) is 7.08. The number of nitrogens with one attached hydrogen (secondary N) is 1. The van der Waals surface area contributed by atoms with Crippen LogP contribution in [0.25, 0.3) is 21.8 Å². The zero-order valence-corrected chi connectivity index (χ0v) is 14.9. The number of pyridine rings is 1. The van der Waals surface area contributed by atoms with Gasteiger partial charge in [0.25, 0.3) is 5.56 Å². The second-order valence-corrected chi connectivity index (χ2v) is 6.22. The van der Waals surface area contributed by atoms with E-state index in [1.54, 1.807) is 7.05 Å². The smallest absolute Gasteiger partial charge is 0.262 e. The number of amides is 1. The number of rotatable bonds is 4. The van der Waals surface area contributed by atoms with Crippen molar-refractivity contribution in [2.45, 2.75) is 12.9 Å². The molecule has 0 radical (unpaired) electrons. The molecule has 0 bridgehead atoms. The summed E-state index contributed by atoms with van der Waals surface area (Å²) in [5.41, 5.74) is -1.24. The SMILES string of the molecule is [2H]C(C(=O)Nc1ccc(F)cc1F)C([2H])([2H])n1c(=O)c2cnn(C)c2c2ccc(F)cc21. The van der Waals surface area contributed by atoms with Gasteiger partial charge in [-0.25, -0.2) is 13.2 Å². The topological polar surface area (TPSA) is 68.9 Å². The Morgan fingerprint density at radius 2 is 1.86 bits per heavy atom. The molecule has 1 unspecified atom stereocenters. The van der Waals surface area contributed by atoms with Crippen molar-refractivity contribution in [3.63, 3.8) is 0 Å². The summed E-state index contributed by atoms with van der Waals surface area (Å²) in [5, 5.41) is 6.30. The Morgan fingerprint density at radius 1 is 1.14 bits per heavy atom. The van der Waals surface area contributed by atoms with Gasteiger partial charge in [0.15, 0.2) is 0 Å². The van der Waals surface area contributed by atoms with Gasteiger partial charge < -0.3 is 9.88 Å². The van der Waals surface area contributed by atoms with Gasteiger partial charge >= 0.3 is 0 Å². The summed E-state index contributed by atoms with van der Waals surface area (Å²) in [5.74, 6) is -4.05. The summed E-state index contributed by atoms with van der Waals surface area (Å²) in [6, 6.07) is 5.70. The van der Waals surface area contributed by atoms with Crippen molar-refractivity contribution >= 4 is 33.4 Å². The molecule has 0 aliphatic rings. The maximum Gasteiger partial charge on any atom is 0.262 e. The molecule has 29 heavy (non-hydrogen) atoms. The number of anilines is 1. The Bertz CT molecular complexity index is 1450. The van der Waals surface area contributed by atoms with Gasteiger partial charge in [0, 0.05) is 32.8 Å². The number of fused-ring (bicyclic) bond motifs is 3. The van der Waals surface area contributed by atoms with Crippen molar-refractivity contribution in [2.24, 2.45) is 7.05 Å². The molecule has 9 heteroatoms. The number of hydrogen-bond donors (Lipinski definition) is 1. The first kappa shape index (κ1) is 15.3. The van der Waals surface area contributed by atoms with E-state index in [9.17, 15) is 22.8 Å². The molecule has 0 aliphatic carbocycles. The van der Waals surface area contributed by atoms with Crippen LogP contribution in [0.5, 0.6) is 0 Å². The molecule has 1 N–H and O–H groups in total. The van der Waals surface area contributed by atoms with Gasteiger partial charge in [0.2, 0.25) is 5.91 Å². The average Bonchev–Trinajstić information content (AvgIpc) is 3.11. The minimum atomic E-state index is -2.98. The van der Waals surface area contributed by atoms with Crippen molar-refractivity contribution < 1.29 is 22.1 Å². The molecule has 2 aromatic carbocycles. The number of hydrogen-bond acceptors (Lipinski definition) is 3. The Kier molecular flexibility index (Phi) is 3.74. The molecular formula is C20H15F3N4O2.